The van der Waals surface area contributed by atoms with Crippen molar-refractivity contribution in [2.24, 2.45) is 0 Å². The highest BCUT2D eigenvalue weighted by atomic mass is 16.5. The van der Waals surface area contributed by atoms with Crippen LogP contribution in [0.4, 0.5) is 0 Å². The first kappa shape index (κ1) is 17.0. The maximum atomic E-state index is 9.84. The molecule has 0 amide bonds. The van der Waals surface area contributed by atoms with E-state index in [1.807, 2.05) is 39.1 Å². The Morgan fingerprint density at radius 2 is 1.90 bits per heavy atom. The van der Waals surface area contributed by atoms with Crippen LogP contribution in [0.3, 0.4) is 0 Å². The Morgan fingerprint density at radius 3 is 2.50 bits per heavy atom. The lowest BCUT2D eigenvalue weighted by atomic mass is 10.0. The van der Waals surface area contributed by atoms with E-state index in [0.717, 1.165) is 17.7 Å². The number of aliphatic hydroxyl groups excluding tert-OH is 1. The van der Waals surface area contributed by atoms with Gasteiger partial charge in [0, 0.05) is 11.6 Å². The Labute approximate surface area is 122 Å². The predicted octanol–water partition coefficient (Wildman–Crippen LogP) is 2.52. The number of ether oxygens (including phenoxy) is 2. The van der Waals surface area contributed by atoms with Gasteiger partial charge in [-0.25, -0.2) is 0 Å². The third-order valence-corrected chi connectivity index (χ3v) is 3.10. The van der Waals surface area contributed by atoms with Crippen LogP contribution in [0.2, 0.25) is 0 Å². The SMILES string of the molecule is CCC(NC)c1ccccc1OCC(O)COC(C)C. The minimum atomic E-state index is -0.611. The molecule has 2 unspecified atom stereocenters. The molecule has 1 aromatic carbocycles. The molecule has 0 saturated heterocycles. The molecule has 2 N–H and O–H groups in total. The van der Waals surface area contributed by atoms with Crippen LogP contribution >= 0.6 is 0 Å². The van der Waals surface area contributed by atoms with Gasteiger partial charge in [0.2, 0.25) is 0 Å². The fourth-order valence-corrected chi connectivity index (χ4v) is 2.02. The van der Waals surface area contributed by atoms with Crippen molar-refractivity contribution in [3.05, 3.63) is 29.8 Å². The van der Waals surface area contributed by atoms with Crippen LogP contribution in [-0.4, -0.2) is 37.6 Å². The van der Waals surface area contributed by atoms with Crippen LogP contribution in [0.5, 0.6) is 5.75 Å². The minimum absolute atomic E-state index is 0.116. The minimum Gasteiger partial charge on any atom is -0.490 e. The van der Waals surface area contributed by atoms with Crippen LogP contribution in [0, 0.1) is 0 Å². The summed E-state index contributed by atoms with van der Waals surface area (Å²) < 4.78 is 11.1. The lowest BCUT2D eigenvalue weighted by Crippen LogP contribution is -2.26. The third-order valence-electron chi connectivity index (χ3n) is 3.10. The first-order valence-corrected chi connectivity index (χ1v) is 7.27. The molecule has 20 heavy (non-hydrogen) atoms. The normalized spacial score (nSPS) is 14.3. The van der Waals surface area contributed by atoms with E-state index in [2.05, 4.69) is 18.3 Å². The van der Waals surface area contributed by atoms with Gasteiger partial charge in [0.15, 0.2) is 0 Å². The zero-order chi connectivity index (χ0) is 15.0. The summed E-state index contributed by atoms with van der Waals surface area (Å²) in [6.07, 6.45) is 0.487. The second-order valence-corrected chi connectivity index (χ2v) is 5.13. The number of rotatable bonds is 9. The molecule has 0 fully saturated rings. The van der Waals surface area contributed by atoms with Gasteiger partial charge in [-0.3, -0.25) is 0 Å². The molecule has 0 radical (unpaired) electrons. The maximum absolute atomic E-state index is 9.84. The zero-order valence-electron chi connectivity index (χ0n) is 12.9. The van der Waals surface area contributed by atoms with E-state index < -0.39 is 6.10 Å². The third kappa shape index (κ3) is 5.49. The van der Waals surface area contributed by atoms with E-state index in [-0.39, 0.29) is 18.8 Å². The van der Waals surface area contributed by atoms with Crippen molar-refractivity contribution < 1.29 is 14.6 Å². The topological polar surface area (TPSA) is 50.7 Å². The molecule has 4 nitrogen and oxygen atoms in total. The molecule has 114 valence electrons. The summed E-state index contributed by atoms with van der Waals surface area (Å²) in [5.41, 5.74) is 1.12. The van der Waals surface area contributed by atoms with Crippen molar-refractivity contribution >= 4 is 0 Å². The number of hydrogen-bond acceptors (Lipinski definition) is 4. The number of aliphatic hydroxyl groups is 1. The van der Waals surface area contributed by atoms with E-state index in [1.165, 1.54) is 0 Å². The fraction of sp³-hybridized carbons (Fsp3) is 0.625. The second kappa shape index (κ2) is 8.95. The quantitative estimate of drug-likeness (QED) is 0.730. The molecule has 0 aliphatic carbocycles. The summed E-state index contributed by atoms with van der Waals surface area (Å²) >= 11 is 0. The number of para-hydroxylation sites is 1. The summed E-state index contributed by atoms with van der Waals surface area (Å²) in [5.74, 6) is 0.817. The predicted molar refractivity (Wildman–Crippen MR) is 81.1 cm³/mol. The van der Waals surface area contributed by atoms with Gasteiger partial charge >= 0.3 is 0 Å². The highest BCUT2D eigenvalue weighted by Crippen LogP contribution is 2.26. The second-order valence-electron chi connectivity index (χ2n) is 5.13. The Kier molecular flexibility index (Phi) is 7.59. The van der Waals surface area contributed by atoms with Crippen molar-refractivity contribution in [2.75, 3.05) is 20.3 Å². The summed E-state index contributed by atoms with van der Waals surface area (Å²) in [7, 11) is 1.94. The first-order valence-electron chi connectivity index (χ1n) is 7.27. The molecule has 0 heterocycles. The van der Waals surface area contributed by atoms with Crippen LogP contribution in [0.25, 0.3) is 0 Å². The van der Waals surface area contributed by atoms with Crippen molar-refractivity contribution in [2.45, 2.75) is 45.4 Å². The fourth-order valence-electron chi connectivity index (χ4n) is 2.02. The van der Waals surface area contributed by atoms with E-state index >= 15 is 0 Å². The Balaban J connectivity index is 2.59. The molecule has 0 aliphatic heterocycles. The average molecular weight is 281 g/mol. The Hall–Kier alpha value is -1.10. The molecule has 0 saturated carbocycles. The van der Waals surface area contributed by atoms with Crippen LogP contribution in [0.1, 0.15) is 38.8 Å². The highest BCUT2D eigenvalue weighted by molar-refractivity contribution is 5.35. The van der Waals surface area contributed by atoms with Gasteiger partial charge < -0.3 is 19.9 Å². The molecule has 0 aromatic heterocycles. The smallest absolute Gasteiger partial charge is 0.124 e. The van der Waals surface area contributed by atoms with Gasteiger partial charge in [0.25, 0.3) is 0 Å². The Bertz CT molecular complexity index is 378. The molecule has 4 heteroatoms. The summed E-state index contributed by atoms with van der Waals surface area (Å²) in [4.78, 5) is 0. The Morgan fingerprint density at radius 1 is 1.20 bits per heavy atom. The summed E-state index contributed by atoms with van der Waals surface area (Å²) in [6, 6.07) is 8.19. The van der Waals surface area contributed by atoms with Crippen LogP contribution in [0.15, 0.2) is 24.3 Å². The molecule has 0 spiro atoms. The van der Waals surface area contributed by atoms with Crippen molar-refractivity contribution in [1.29, 1.82) is 0 Å². The molecule has 1 rings (SSSR count). The van der Waals surface area contributed by atoms with Crippen molar-refractivity contribution in [3.8, 4) is 5.75 Å². The molecule has 0 aliphatic rings. The van der Waals surface area contributed by atoms with Gasteiger partial charge in [0.1, 0.15) is 18.5 Å². The molecule has 2 atom stereocenters. The van der Waals surface area contributed by atoms with E-state index in [1.54, 1.807) is 0 Å². The monoisotopic (exact) mass is 281 g/mol. The van der Waals surface area contributed by atoms with Crippen molar-refractivity contribution in [3.63, 3.8) is 0 Å². The largest absolute Gasteiger partial charge is 0.490 e. The van der Waals surface area contributed by atoms with Gasteiger partial charge in [-0.05, 0) is 33.4 Å². The highest BCUT2D eigenvalue weighted by Gasteiger charge is 2.14. The number of nitrogens with one attached hydrogen (secondary N) is 1. The van der Waals surface area contributed by atoms with Gasteiger partial charge in [-0.2, -0.15) is 0 Å². The van der Waals surface area contributed by atoms with Crippen LogP contribution in [-0.2, 0) is 4.74 Å². The zero-order valence-corrected chi connectivity index (χ0v) is 12.9. The lowest BCUT2D eigenvalue weighted by Gasteiger charge is -2.20. The standard InChI is InChI=1S/C16H27NO3/c1-5-15(17-4)14-8-6-7-9-16(14)20-11-13(18)10-19-12(2)3/h6-9,12-13,15,17-18H,5,10-11H2,1-4H3. The summed E-state index contributed by atoms with van der Waals surface area (Å²) in [6.45, 7) is 6.56. The lowest BCUT2D eigenvalue weighted by molar-refractivity contribution is -0.0124. The van der Waals surface area contributed by atoms with E-state index in [0.29, 0.717) is 6.61 Å². The van der Waals surface area contributed by atoms with Crippen molar-refractivity contribution in [1.82, 2.24) is 5.32 Å². The summed E-state index contributed by atoms with van der Waals surface area (Å²) in [5, 5.41) is 13.1. The van der Waals surface area contributed by atoms with Crippen LogP contribution < -0.4 is 10.1 Å². The molecule has 1 aromatic rings. The van der Waals surface area contributed by atoms with E-state index in [9.17, 15) is 5.11 Å². The molecular formula is C16H27NO3. The maximum Gasteiger partial charge on any atom is 0.124 e. The number of benzene rings is 1. The first-order chi connectivity index (χ1) is 9.58. The average Bonchev–Trinajstić information content (AvgIpc) is 2.45. The van der Waals surface area contributed by atoms with Gasteiger partial charge in [-0.1, -0.05) is 25.1 Å². The molecular weight excluding hydrogens is 254 g/mol. The van der Waals surface area contributed by atoms with Gasteiger partial charge in [0.05, 0.1) is 12.7 Å². The molecule has 0 bridgehead atoms. The number of hydrogen-bond donors (Lipinski definition) is 2. The van der Waals surface area contributed by atoms with E-state index in [4.69, 9.17) is 9.47 Å². The van der Waals surface area contributed by atoms with Gasteiger partial charge in [-0.15, -0.1) is 0 Å².